The fourth-order valence-electron chi connectivity index (χ4n) is 2.44. The van der Waals surface area contributed by atoms with Crippen LogP contribution in [0, 0.1) is 6.92 Å². The maximum absolute atomic E-state index is 5.27. The highest BCUT2D eigenvalue weighted by atomic mass is 16.5. The number of nitrogens with one attached hydrogen (secondary N) is 1. The van der Waals surface area contributed by atoms with E-state index in [4.69, 9.17) is 4.74 Å². The van der Waals surface area contributed by atoms with Crippen LogP contribution in [-0.2, 0) is 6.42 Å². The third kappa shape index (κ3) is 1.74. The van der Waals surface area contributed by atoms with Crippen LogP contribution >= 0.6 is 0 Å². The monoisotopic (exact) mass is 243 g/mol. The van der Waals surface area contributed by atoms with Gasteiger partial charge in [0, 0.05) is 18.2 Å². The van der Waals surface area contributed by atoms with Gasteiger partial charge in [0.1, 0.15) is 11.6 Å². The predicted octanol–water partition coefficient (Wildman–Crippen LogP) is 2.55. The second-order valence-electron chi connectivity index (χ2n) is 4.56. The van der Waals surface area contributed by atoms with Crippen LogP contribution in [-0.4, -0.2) is 23.4 Å². The van der Waals surface area contributed by atoms with E-state index >= 15 is 0 Å². The van der Waals surface area contributed by atoms with Crippen molar-refractivity contribution in [1.82, 2.24) is 9.78 Å². The Morgan fingerprint density at radius 1 is 1.39 bits per heavy atom. The number of ether oxygens (including phenoxy) is 1. The van der Waals surface area contributed by atoms with Crippen LogP contribution in [0.2, 0.25) is 0 Å². The first-order valence-corrected chi connectivity index (χ1v) is 6.26. The van der Waals surface area contributed by atoms with Gasteiger partial charge in [-0.3, -0.25) is 0 Å². The van der Waals surface area contributed by atoms with Gasteiger partial charge in [-0.25, -0.2) is 4.68 Å². The summed E-state index contributed by atoms with van der Waals surface area (Å²) >= 11 is 0. The van der Waals surface area contributed by atoms with Gasteiger partial charge in [0.2, 0.25) is 0 Å². The first-order chi connectivity index (χ1) is 8.79. The summed E-state index contributed by atoms with van der Waals surface area (Å²) in [5, 5.41) is 8.08. The molecule has 0 aliphatic carbocycles. The van der Waals surface area contributed by atoms with Crippen LogP contribution in [0.1, 0.15) is 17.7 Å². The summed E-state index contributed by atoms with van der Waals surface area (Å²) < 4.78 is 7.24. The highest BCUT2D eigenvalue weighted by Crippen LogP contribution is 2.28. The molecule has 0 radical (unpaired) electrons. The SMILES string of the molecule is COc1cccc(-n2nc(C)c3c2NCCC3)c1. The van der Waals surface area contributed by atoms with Gasteiger partial charge in [0.25, 0.3) is 0 Å². The van der Waals surface area contributed by atoms with Crippen molar-refractivity contribution in [1.29, 1.82) is 0 Å². The number of nitrogens with zero attached hydrogens (tertiary/aromatic N) is 2. The van der Waals surface area contributed by atoms with Crippen LogP contribution in [0.25, 0.3) is 5.69 Å². The number of fused-ring (bicyclic) bond motifs is 1. The summed E-state index contributed by atoms with van der Waals surface area (Å²) in [6, 6.07) is 7.98. The van der Waals surface area contributed by atoms with Gasteiger partial charge in [-0.15, -0.1) is 0 Å². The molecule has 1 aromatic carbocycles. The maximum Gasteiger partial charge on any atom is 0.133 e. The Bertz CT molecular complexity index is 574. The summed E-state index contributed by atoms with van der Waals surface area (Å²) in [4.78, 5) is 0. The average molecular weight is 243 g/mol. The van der Waals surface area contributed by atoms with Crippen molar-refractivity contribution in [3.63, 3.8) is 0 Å². The molecule has 4 heteroatoms. The molecule has 18 heavy (non-hydrogen) atoms. The van der Waals surface area contributed by atoms with Crippen molar-refractivity contribution in [2.75, 3.05) is 19.0 Å². The molecule has 1 aromatic heterocycles. The molecule has 0 unspecified atom stereocenters. The van der Waals surface area contributed by atoms with Gasteiger partial charge in [0.15, 0.2) is 0 Å². The molecule has 0 atom stereocenters. The van der Waals surface area contributed by atoms with Crippen molar-refractivity contribution < 1.29 is 4.74 Å². The molecular formula is C14H17N3O. The van der Waals surface area contributed by atoms with Crippen LogP contribution in [0.5, 0.6) is 5.75 Å². The molecule has 3 rings (SSSR count). The van der Waals surface area contributed by atoms with Crippen LogP contribution in [0.15, 0.2) is 24.3 Å². The van der Waals surface area contributed by atoms with Gasteiger partial charge in [0.05, 0.1) is 18.5 Å². The molecular weight excluding hydrogens is 226 g/mol. The first kappa shape index (κ1) is 11.1. The second-order valence-corrected chi connectivity index (χ2v) is 4.56. The zero-order valence-corrected chi connectivity index (χ0v) is 10.7. The summed E-state index contributed by atoms with van der Waals surface area (Å²) in [6.07, 6.45) is 2.29. The standard InChI is InChI=1S/C14H17N3O/c1-10-13-7-4-8-15-14(13)17(16-10)11-5-3-6-12(9-11)18-2/h3,5-6,9,15H,4,7-8H2,1-2H3. The number of methoxy groups -OCH3 is 1. The maximum atomic E-state index is 5.27. The summed E-state index contributed by atoms with van der Waals surface area (Å²) in [7, 11) is 1.68. The quantitative estimate of drug-likeness (QED) is 0.881. The highest BCUT2D eigenvalue weighted by molar-refractivity contribution is 5.55. The van der Waals surface area contributed by atoms with E-state index in [0.717, 1.165) is 35.9 Å². The number of aryl methyl sites for hydroxylation is 1. The lowest BCUT2D eigenvalue weighted by atomic mass is 10.1. The van der Waals surface area contributed by atoms with E-state index in [1.807, 2.05) is 28.9 Å². The lowest BCUT2D eigenvalue weighted by molar-refractivity contribution is 0.414. The van der Waals surface area contributed by atoms with Crippen molar-refractivity contribution >= 4 is 5.82 Å². The minimum absolute atomic E-state index is 0.852. The van der Waals surface area contributed by atoms with Gasteiger partial charge in [-0.1, -0.05) is 6.07 Å². The Kier molecular flexibility index (Phi) is 2.70. The van der Waals surface area contributed by atoms with Crippen LogP contribution < -0.4 is 10.1 Å². The molecule has 0 saturated carbocycles. The minimum Gasteiger partial charge on any atom is -0.497 e. The summed E-state index contributed by atoms with van der Waals surface area (Å²) in [5.74, 6) is 1.98. The largest absolute Gasteiger partial charge is 0.497 e. The third-order valence-electron chi connectivity index (χ3n) is 3.38. The van der Waals surface area contributed by atoms with E-state index in [2.05, 4.69) is 17.3 Å². The minimum atomic E-state index is 0.852. The Balaban J connectivity index is 2.11. The number of aromatic nitrogens is 2. The van der Waals surface area contributed by atoms with Crippen molar-refractivity contribution in [2.45, 2.75) is 19.8 Å². The number of anilines is 1. The lowest BCUT2D eigenvalue weighted by Gasteiger charge is -2.16. The molecule has 0 amide bonds. The van der Waals surface area contributed by atoms with Crippen molar-refractivity contribution in [3.8, 4) is 11.4 Å². The molecule has 0 spiro atoms. The molecule has 2 heterocycles. The molecule has 0 saturated heterocycles. The van der Waals surface area contributed by atoms with Gasteiger partial charge in [-0.2, -0.15) is 5.10 Å². The number of hydrogen-bond donors (Lipinski definition) is 1. The van der Waals surface area contributed by atoms with E-state index < -0.39 is 0 Å². The number of rotatable bonds is 2. The predicted molar refractivity (Wildman–Crippen MR) is 71.7 cm³/mol. The van der Waals surface area contributed by atoms with E-state index in [9.17, 15) is 0 Å². The van der Waals surface area contributed by atoms with Crippen molar-refractivity contribution in [3.05, 3.63) is 35.5 Å². The molecule has 1 aliphatic heterocycles. The zero-order valence-electron chi connectivity index (χ0n) is 10.7. The molecule has 2 aromatic rings. The first-order valence-electron chi connectivity index (χ1n) is 6.26. The normalized spacial score (nSPS) is 13.9. The number of benzene rings is 1. The highest BCUT2D eigenvalue weighted by Gasteiger charge is 2.19. The molecule has 4 nitrogen and oxygen atoms in total. The average Bonchev–Trinajstić information content (AvgIpc) is 2.77. The van der Waals surface area contributed by atoms with E-state index in [1.54, 1.807) is 7.11 Å². The zero-order chi connectivity index (χ0) is 12.5. The Morgan fingerprint density at radius 2 is 2.28 bits per heavy atom. The summed E-state index contributed by atoms with van der Waals surface area (Å²) in [6.45, 7) is 3.09. The summed E-state index contributed by atoms with van der Waals surface area (Å²) in [5.41, 5.74) is 3.48. The van der Waals surface area contributed by atoms with Crippen LogP contribution in [0.4, 0.5) is 5.82 Å². The Hall–Kier alpha value is -1.97. The van der Waals surface area contributed by atoms with Gasteiger partial charge in [-0.05, 0) is 31.9 Å². The van der Waals surface area contributed by atoms with Crippen LogP contribution in [0.3, 0.4) is 0 Å². The molecule has 1 aliphatic rings. The van der Waals surface area contributed by atoms with E-state index in [0.29, 0.717) is 0 Å². The molecule has 0 bridgehead atoms. The fourth-order valence-corrected chi connectivity index (χ4v) is 2.44. The van der Waals surface area contributed by atoms with Gasteiger partial charge < -0.3 is 10.1 Å². The van der Waals surface area contributed by atoms with E-state index in [-0.39, 0.29) is 0 Å². The molecule has 1 N–H and O–H groups in total. The van der Waals surface area contributed by atoms with Crippen molar-refractivity contribution in [2.24, 2.45) is 0 Å². The second kappa shape index (κ2) is 4.37. The number of hydrogen-bond acceptors (Lipinski definition) is 3. The Labute approximate surface area is 107 Å². The topological polar surface area (TPSA) is 39.1 Å². The van der Waals surface area contributed by atoms with E-state index in [1.165, 1.54) is 12.0 Å². The smallest absolute Gasteiger partial charge is 0.133 e. The molecule has 94 valence electrons. The fraction of sp³-hybridized carbons (Fsp3) is 0.357. The molecule has 0 fully saturated rings. The third-order valence-corrected chi connectivity index (χ3v) is 3.38. The van der Waals surface area contributed by atoms with Gasteiger partial charge >= 0.3 is 0 Å². The Morgan fingerprint density at radius 3 is 3.11 bits per heavy atom. The lowest BCUT2D eigenvalue weighted by Crippen LogP contribution is -2.14.